The highest BCUT2D eigenvalue weighted by Crippen LogP contribution is 2.21. The Labute approximate surface area is 141 Å². The van der Waals surface area contributed by atoms with E-state index < -0.39 is 0 Å². The highest BCUT2D eigenvalue weighted by molar-refractivity contribution is 5.96. The van der Waals surface area contributed by atoms with Crippen LogP contribution in [0.1, 0.15) is 40.2 Å². The van der Waals surface area contributed by atoms with Gasteiger partial charge in [-0.1, -0.05) is 17.3 Å². The van der Waals surface area contributed by atoms with Crippen molar-refractivity contribution in [1.29, 1.82) is 0 Å². The van der Waals surface area contributed by atoms with Gasteiger partial charge in [0.05, 0.1) is 16.8 Å². The van der Waals surface area contributed by atoms with Crippen LogP contribution in [-0.2, 0) is 6.61 Å². The summed E-state index contributed by atoms with van der Waals surface area (Å²) >= 11 is 0. The molecule has 0 bridgehead atoms. The zero-order chi connectivity index (χ0) is 16.9. The quantitative estimate of drug-likeness (QED) is 0.851. The minimum Gasteiger partial charge on any atom is -0.488 e. The van der Waals surface area contributed by atoms with Gasteiger partial charge in [-0.05, 0) is 45.4 Å². The third-order valence-corrected chi connectivity index (χ3v) is 4.36. The molecule has 2 aromatic rings. The van der Waals surface area contributed by atoms with Crippen LogP contribution in [0, 0.1) is 13.8 Å². The topological polar surface area (TPSA) is 76.4 Å². The summed E-state index contributed by atoms with van der Waals surface area (Å²) in [5.74, 6) is 1.19. The number of amides is 1. The van der Waals surface area contributed by atoms with E-state index in [-0.39, 0.29) is 5.91 Å². The van der Waals surface area contributed by atoms with E-state index in [1.807, 2.05) is 26.0 Å². The van der Waals surface area contributed by atoms with Gasteiger partial charge in [-0.15, -0.1) is 0 Å². The molecule has 3 rings (SSSR count). The molecular weight excluding hydrogens is 306 g/mol. The lowest BCUT2D eigenvalue weighted by Gasteiger charge is -2.14. The molecule has 24 heavy (non-hydrogen) atoms. The van der Waals surface area contributed by atoms with Crippen molar-refractivity contribution in [1.82, 2.24) is 15.8 Å². The predicted molar refractivity (Wildman–Crippen MR) is 90.1 cm³/mol. The Balaban J connectivity index is 1.64. The monoisotopic (exact) mass is 329 g/mol. The van der Waals surface area contributed by atoms with E-state index in [0.29, 0.717) is 30.5 Å². The van der Waals surface area contributed by atoms with Crippen LogP contribution < -0.4 is 15.4 Å². The standard InChI is InChI=1S/C18H23N3O3/c1-12-16(13(2)24-21-12)11-23-17-8-4-3-7-15(17)18(22)20-10-14-6-5-9-19-14/h3-4,7-8,14,19H,5-6,9-11H2,1-2H3,(H,20,22). The molecule has 1 atom stereocenters. The molecule has 1 unspecified atom stereocenters. The molecule has 1 fully saturated rings. The van der Waals surface area contributed by atoms with Crippen molar-refractivity contribution in [3.63, 3.8) is 0 Å². The Morgan fingerprint density at radius 2 is 2.25 bits per heavy atom. The summed E-state index contributed by atoms with van der Waals surface area (Å²) in [5, 5.41) is 10.3. The molecule has 1 saturated heterocycles. The van der Waals surface area contributed by atoms with Gasteiger partial charge in [0.1, 0.15) is 18.1 Å². The van der Waals surface area contributed by atoms with Crippen LogP contribution in [0.4, 0.5) is 0 Å². The number of nitrogens with zero attached hydrogens (tertiary/aromatic N) is 1. The second-order valence-corrected chi connectivity index (χ2v) is 6.09. The van der Waals surface area contributed by atoms with E-state index in [1.54, 1.807) is 12.1 Å². The molecule has 2 heterocycles. The third-order valence-electron chi connectivity index (χ3n) is 4.36. The molecule has 1 amide bonds. The number of carbonyl (C=O) groups is 1. The summed E-state index contributed by atoms with van der Waals surface area (Å²) < 4.78 is 11.0. The molecule has 0 aliphatic carbocycles. The van der Waals surface area contributed by atoms with Gasteiger partial charge in [0, 0.05) is 12.6 Å². The Bertz CT molecular complexity index is 686. The molecule has 0 spiro atoms. The number of ether oxygens (including phenoxy) is 1. The fourth-order valence-electron chi connectivity index (χ4n) is 2.88. The predicted octanol–water partition coefficient (Wildman–Crippen LogP) is 2.35. The first-order chi connectivity index (χ1) is 11.6. The minimum atomic E-state index is -0.113. The zero-order valence-electron chi connectivity index (χ0n) is 14.1. The maximum Gasteiger partial charge on any atom is 0.255 e. The van der Waals surface area contributed by atoms with Crippen molar-refractivity contribution >= 4 is 5.91 Å². The maximum atomic E-state index is 12.5. The molecule has 2 N–H and O–H groups in total. The summed E-state index contributed by atoms with van der Waals surface area (Å²) in [6, 6.07) is 7.65. The normalized spacial score (nSPS) is 17.0. The molecule has 6 nitrogen and oxygen atoms in total. The van der Waals surface area contributed by atoms with Gasteiger partial charge in [-0.2, -0.15) is 0 Å². The van der Waals surface area contributed by atoms with Crippen LogP contribution in [-0.4, -0.2) is 30.2 Å². The number of para-hydroxylation sites is 1. The van der Waals surface area contributed by atoms with Gasteiger partial charge < -0.3 is 19.9 Å². The van der Waals surface area contributed by atoms with Gasteiger partial charge in [0.15, 0.2) is 0 Å². The summed E-state index contributed by atoms with van der Waals surface area (Å²) in [6.45, 7) is 5.72. The Morgan fingerprint density at radius 3 is 2.96 bits per heavy atom. The number of benzene rings is 1. The lowest BCUT2D eigenvalue weighted by atomic mass is 10.1. The molecule has 128 valence electrons. The lowest BCUT2D eigenvalue weighted by Crippen LogP contribution is -2.37. The smallest absolute Gasteiger partial charge is 0.255 e. The number of hydrogen-bond donors (Lipinski definition) is 2. The lowest BCUT2D eigenvalue weighted by molar-refractivity contribution is 0.0946. The van der Waals surface area contributed by atoms with Gasteiger partial charge in [-0.3, -0.25) is 4.79 Å². The van der Waals surface area contributed by atoms with Gasteiger partial charge in [0.2, 0.25) is 0 Å². The molecule has 0 saturated carbocycles. The molecule has 1 aliphatic rings. The molecule has 0 radical (unpaired) electrons. The molecule has 1 aromatic carbocycles. The fourth-order valence-corrected chi connectivity index (χ4v) is 2.88. The number of carbonyl (C=O) groups excluding carboxylic acids is 1. The van der Waals surface area contributed by atoms with E-state index in [0.717, 1.165) is 36.4 Å². The first-order valence-electron chi connectivity index (χ1n) is 8.30. The first-order valence-corrected chi connectivity index (χ1v) is 8.30. The number of rotatable bonds is 6. The van der Waals surface area contributed by atoms with Crippen LogP contribution >= 0.6 is 0 Å². The highest BCUT2D eigenvalue weighted by atomic mass is 16.5. The number of aryl methyl sites for hydroxylation is 2. The van der Waals surface area contributed by atoms with Crippen molar-refractivity contribution in [2.75, 3.05) is 13.1 Å². The van der Waals surface area contributed by atoms with Crippen LogP contribution in [0.15, 0.2) is 28.8 Å². The third kappa shape index (κ3) is 3.76. The molecule has 1 aliphatic heterocycles. The van der Waals surface area contributed by atoms with E-state index in [2.05, 4.69) is 15.8 Å². The summed E-state index contributed by atoms with van der Waals surface area (Å²) in [5.41, 5.74) is 2.27. The zero-order valence-corrected chi connectivity index (χ0v) is 14.1. The number of aromatic nitrogens is 1. The summed E-state index contributed by atoms with van der Waals surface area (Å²) in [7, 11) is 0. The number of hydrogen-bond acceptors (Lipinski definition) is 5. The summed E-state index contributed by atoms with van der Waals surface area (Å²) in [6.07, 6.45) is 2.27. The van der Waals surface area contributed by atoms with Crippen LogP contribution in [0.3, 0.4) is 0 Å². The SMILES string of the molecule is Cc1noc(C)c1COc1ccccc1C(=O)NCC1CCCN1. The van der Waals surface area contributed by atoms with Crippen LogP contribution in [0.25, 0.3) is 0 Å². The van der Waals surface area contributed by atoms with E-state index >= 15 is 0 Å². The summed E-state index contributed by atoms with van der Waals surface area (Å²) in [4.78, 5) is 12.5. The minimum absolute atomic E-state index is 0.113. The van der Waals surface area contributed by atoms with E-state index in [4.69, 9.17) is 9.26 Å². The van der Waals surface area contributed by atoms with Gasteiger partial charge in [-0.25, -0.2) is 0 Å². The van der Waals surface area contributed by atoms with Crippen molar-refractivity contribution in [3.8, 4) is 5.75 Å². The largest absolute Gasteiger partial charge is 0.488 e. The van der Waals surface area contributed by atoms with Crippen molar-refractivity contribution in [3.05, 3.63) is 46.8 Å². The highest BCUT2D eigenvalue weighted by Gasteiger charge is 2.18. The number of nitrogens with one attached hydrogen (secondary N) is 2. The Hall–Kier alpha value is -2.34. The van der Waals surface area contributed by atoms with Gasteiger partial charge >= 0.3 is 0 Å². The fraction of sp³-hybridized carbons (Fsp3) is 0.444. The van der Waals surface area contributed by atoms with E-state index in [1.165, 1.54) is 0 Å². The Kier molecular flexibility index (Phi) is 5.15. The second kappa shape index (κ2) is 7.49. The van der Waals surface area contributed by atoms with Gasteiger partial charge in [0.25, 0.3) is 5.91 Å². The molecule has 6 heteroatoms. The first kappa shape index (κ1) is 16.5. The Morgan fingerprint density at radius 1 is 1.42 bits per heavy atom. The average molecular weight is 329 g/mol. The van der Waals surface area contributed by atoms with E-state index in [9.17, 15) is 4.79 Å². The average Bonchev–Trinajstić information content (AvgIpc) is 3.22. The van der Waals surface area contributed by atoms with Crippen molar-refractivity contribution in [2.24, 2.45) is 0 Å². The van der Waals surface area contributed by atoms with Crippen molar-refractivity contribution < 1.29 is 14.1 Å². The molecule has 1 aromatic heterocycles. The van der Waals surface area contributed by atoms with Crippen molar-refractivity contribution in [2.45, 2.75) is 39.3 Å². The molecular formula is C18H23N3O3. The van der Waals surface area contributed by atoms with Crippen LogP contribution in [0.2, 0.25) is 0 Å². The van der Waals surface area contributed by atoms with Crippen LogP contribution in [0.5, 0.6) is 5.75 Å². The maximum absolute atomic E-state index is 12.5. The second-order valence-electron chi connectivity index (χ2n) is 6.09.